The van der Waals surface area contributed by atoms with Crippen LogP contribution < -0.4 is 15.8 Å². The van der Waals surface area contributed by atoms with E-state index in [2.05, 4.69) is 25.5 Å². The second kappa shape index (κ2) is 6.06. The molecule has 0 radical (unpaired) electrons. The molecular formula is C12H12Cl2F2N6O. The maximum absolute atomic E-state index is 13.8. The largest absolute Gasteiger partial charge is 0.348 e. The summed E-state index contributed by atoms with van der Waals surface area (Å²) in [5.74, 6) is -2.86. The Morgan fingerprint density at radius 1 is 1.35 bits per heavy atom. The van der Waals surface area contributed by atoms with Gasteiger partial charge in [0.25, 0.3) is 11.5 Å². The monoisotopic (exact) mass is 364 g/mol. The molecule has 0 amide bonds. The van der Waals surface area contributed by atoms with Gasteiger partial charge in [-0.05, 0) is 0 Å². The lowest BCUT2D eigenvalue weighted by atomic mass is 10.3. The Kier molecular flexibility index (Phi) is 4.26. The van der Waals surface area contributed by atoms with E-state index in [9.17, 15) is 13.6 Å². The minimum absolute atomic E-state index is 0.00828. The van der Waals surface area contributed by atoms with Crippen LogP contribution in [0.5, 0.6) is 0 Å². The van der Waals surface area contributed by atoms with E-state index in [0.29, 0.717) is 12.1 Å². The molecule has 7 nitrogen and oxygen atoms in total. The standard InChI is InChI=1S/C12H12Cl2F2N6O/c13-7-10(22-2-1-17-4-12(15,16)5-22)19-9(20-11(7)23)6-3-18-21-8(6)14/h3,17H,1-2,4-5H2,(H,18,21)(H,19,20,23). The molecule has 3 rings (SSSR count). The van der Waals surface area contributed by atoms with Crippen molar-refractivity contribution in [2.45, 2.75) is 5.92 Å². The summed E-state index contributed by atoms with van der Waals surface area (Å²) in [7, 11) is 0. The van der Waals surface area contributed by atoms with Gasteiger partial charge < -0.3 is 15.2 Å². The van der Waals surface area contributed by atoms with Crippen molar-refractivity contribution >= 4 is 29.0 Å². The van der Waals surface area contributed by atoms with E-state index in [-0.39, 0.29) is 28.4 Å². The van der Waals surface area contributed by atoms with Gasteiger partial charge in [0.2, 0.25) is 0 Å². The number of hydrogen-bond acceptors (Lipinski definition) is 5. The predicted octanol–water partition coefficient (Wildman–Crippen LogP) is 1.51. The average Bonchev–Trinajstić information content (AvgIpc) is 2.82. The number of hydrogen-bond donors (Lipinski definition) is 3. The number of nitrogens with one attached hydrogen (secondary N) is 3. The van der Waals surface area contributed by atoms with Crippen LogP contribution in [0, 0.1) is 0 Å². The summed E-state index contributed by atoms with van der Waals surface area (Å²) in [4.78, 5) is 20.0. The summed E-state index contributed by atoms with van der Waals surface area (Å²) in [5.41, 5.74) is -0.286. The molecule has 3 N–H and O–H groups in total. The second-order valence-electron chi connectivity index (χ2n) is 5.10. The lowest BCUT2D eigenvalue weighted by Gasteiger charge is -2.25. The molecule has 3 heterocycles. The number of aromatic nitrogens is 4. The number of anilines is 1. The van der Waals surface area contributed by atoms with Gasteiger partial charge in [0.15, 0.2) is 5.82 Å². The number of rotatable bonds is 2. The quantitative estimate of drug-likeness (QED) is 0.751. The zero-order valence-corrected chi connectivity index (χ0v) is 13.2. The van der Waals surface area contributed by atoms with Gasteiger partial charge in [-0.3, -0.25) is 9.89 Å². The minimum atomic E-state index is -2.96. The minimum Gasteiger partial charge on any atom is -0.348 e. The van der Waals surface area contributed by atoms with Crippen LogP contribution in [0.1, 0.15) is 0 Å². The third kappa shape index (κ3) is 3.31. The molecule has 2 aromatic heterocycles. The molecule has 2 aromatic rings. The molecule has 0 saturated carbocycles. The van der Waals surface area contributed by atoms with Crippen LogP contribution in [0.25, 0.3) is 11.4 Å². The van der Waals surface area contributed by atoms with E-state index in [1.807, 2.05) is 0 Å². The van der Waals surface area contributed by atoms with Crippen LogP contribution in [0.4, 0.5) is 14.6 Å². The van der Waals surface area contributed by atoms with Gasteiger partial charge in [-0.25, -0.2) is 13.8 Å². The number of aromatic amines is 2. The van der Waals surface area contributed by atoms with Crippen LogP contribution >= 0.6 is 23.2 Å². The van der Waals surface area contributed by atoms with Gasteiger partial charge in [0.05, 0.1) is 24.8 Å². The molecule has 11 heteroatoms. The number of H-pyrrole nitrogens is 2. The van der Waals surface area contributed by atoms with Crippen molar-refractivity contribution in [3.8, 4) is 11.4 Å². The highest BCUT2D eigenvalue weighted by Gasteiger charge is 2.35. The third-order valence-corrected chi connectivity index (χ3v) is 3.99. The second-order valence-corrected chi connectivity index (χ2v) is 5.86. The fourth-order valence-corrected chi connectivity index (χ4v) is 2.70. The van der Waals surface area contributed by atoms with Crippen molar-refractivity contribution < 1.29 is 8.78 Å². The molecule has 1 aliphatic rings. The summed E-state index contributed by atoms with van der Waals surface area (Å²) in [6.07, 6.45) is 1.37. The Labute approximate surface area is 139 Å². The van der Waals surface area contributed by atoms with E-state index in [0.717, 1.165) is 0 Å². The van der Waals surface area contributed by atoms with Crippen LogP contribution in [0.3, 0.4) is 0 Å². The van der Waals surface area contributed by atoms with E-state index in [4.69, 9.17) is 23.2 Å². The van der Waals surface area contributed by atoms with E-state index in [1.165, 1.54) is 11.1 Å². The Balaban J connectivity index is 2.06. The Bertz CT molecular complexity index is 777. The molecule has 0 spiro atoms. The van der Waals surface area contributed by atoms with Gasteiger partial charge >= 0.3 is 0 Å². The summed E-state index contributed by atoms with van der Waals surface area (Å²) in [6.45, 7) is -0.466. The van der Waals surface area contributed by atoms with Crippen molar-refractivity contribution in [2.24, 2.45) is 0 Å². The summed E-state index contributed by atoms with van der Waals surface area (Å²) < 4.78 is 27.5. The maximum Gasteiger partial charge on any atom is 0.277 e. The molecule has 0 bridgehead atoms. The molecule has 0 atom stereocenters. The first-order valence-corrected chi connectivity index (χ1v) is 7.45. The Hall–Kier alpha value is -1.71. The normalized spacial score (nSPS) is 18.0. The first-order chi connectivity index (χ1) is 10.9. The zero-order chi connectivity index (χ0) is 16.6. The average molecular weight is 365 g/mol. The highest BCUT2D eigenvalue weighted by atomic mass is 35.5. The molecule has 1 fully saturated rings. The SMILES string of the molecule is O=c1[nH]c(-c2cn[nH]c2Cl)nc(N2CCNCC(F)(F)C2)c1Cl. The molecule has 0 unspecified atom stereocenters. The summed E-state index contributed by atoms with van der Waals surface area (Å²) >= 11 is 11.9. The van der Waals surface area contributed by atoms with Crippen molar-refractivity contribution in [3.05, 3.63) is 26.7 Å². The van der Waals surface area contributed by atoms with Crippen molar-refractivity contribution in [1.82, 2.24) is 25.5 Å². The van der Waals surface area contributed by atoms with Gasteiger partial charge in [0.1, 0.15) is 16.0 Å². The molecular weight excluding hydrogens is 353 g/mol. The van der Waals surface area contributed by atoms with Crippen molar-refractivity contribution in [3.63, 3.8) is 0 Å². The molecule has 124 valence electrons. The topological polar surface area (TPSA) is 89.7 Å². The fourth-order valence-electron chi connectivity index (χ4n) is 2.30. The smallest absolute Gasteiger partial charge is 0.277 e. The Morgan fingerprint density at radius 2 is 2.13 bits per heavy atom. The van der Waals surface area contributed by atoms with Crippen LogP contribution in [0.15, 0.2) is 11.0 Å². The first-order valence-electron chi connectivity index (χ1n) is 6.70. The number of halogens is 4. The van der Waals surface area contributed by atoms with E-state index < -0.39 is 24.6 Å². The highest BCUT2D eigenvalue weighted by molar-refractivity contribution is 6.33. The number of alkyl halides is 2. The lowest BCUT2D eigenvalue weighted by molar-refractivity contribution is 0.0156. The van der Waals surface area contributed by atoms with Crippen LogP contribution in [-0.4, -0.2) is 52.3 Å². The summed E-state index contributed by atoms with van der Waals surface area (Å²) in [5, 5.41) is 8.80. The van der Waals surface area contributed by atoms with Gasteiger partial charge in [-0.15, -0.1) is 0 Å². The van der Waals surface area contributed by atoms with Gasteiger partial charge in [-0.2, -0.15) is 5.10 Å². The lowest BCUT2D eigenvalue weighted by Crippen LogP contribution is -2.39. The van der Waals surface area contributed by atoms with E-state index in [1.54, 1.807) is 0 Å². The van der Waals surface area contributed by atoms with Crippen molar-refractivity contribution in [2.75, 3.05) is 31.1 Å². The fraction of sp³-hybridized carbons (Fsp3) is 0.417. The molecule has 0 aromatic carbocycles. The third-order valence-electron chi connectivity index (χ3n) is 3.36. The Morgan fingerprint density at radius 3 is 2.83 bits per heavy atom. The number of nitrogens with zero attached hydrogens (tertiary/aromatic N) is 3. The molecule has 0 aliphatic carbocycles. The van der Waals surface area contributed by atoms with Gasteiger partial charge in [0, 0.05) is 13.1 Å². The molecule has 1 aliphatic heterocycles. The zero-order valence-electron chi connectivity index (χ0n) is 11.7. The predicted molar refractivity (Wildman–Crippen MR) is 82.5 cm³/mol. The summed E-state index contributed by atoms with van der Waals surface area (Å²) in [6, 6.07) is 0. The first kappa shape index (κ1) is 16.2. The maximum atomic E-state index is 13.8. The van der Waals surface area contributed by atoms with E-state index >= 15 is 0 Å². The van der Waals surface area contributed by atoms with Crippen molar-refractivity contribution in [1.29, 1.82) is 0 Å². The van der Waals surface area contributed by atoms with Gasteiger partial charge in [-0.1, -0.05) is 23.2 Å². The highest BCUT2D eigenvalue weighted by Crippen LogP contribution is 2.28. The molecule has 1 saturated heterocycles. The van der Waals surface area contributed by atoms with Crippen LogP contribution in [0.2, 0.25) is 10.2 Å². The van der Waals surface area contributed by atoms with Crippen LogP contribution in [-0.2, 0) is 0 Å². The molecule has 23 heavy (non-hydrogen) atoms.